The van der Waals surface area contributed by atoms with Crippen LogP contribution >= 0.6 is 11.8 Å². The van der Waals surface area contributed by atoms with Crippen LogP contribution in [0, 0.1) is 0 Å². The first-order valence-corrected chi connectivity index (χ1v) is 8.07. The molecule has 1 N–H and O–H groups in total. The molecule has 1 aromatic carbocycles. The molecule has 2 unspecified atom stereocenters. The van der Waals surface area contributed by atoms with Crippen LogP contribution in [-0.4, -0.2) is 24.4 Å². The van der Waals surface area contributed by atoms with Crippen LogP contribution in [0.15, 0.2) is 41.0 Å². The molecule has 102 valence electrons. The molecule has 3 heteroatoms. The summed E-state index contributed by atoms with van der Waals surface area (Å²) in [5.41, 5.74) is 1.48. The molecular formula is C16H21NOS. The van der Waals surface area contributed by atoms with Gasteiger partial charge in [0.1, 0.15) is 5.76 Å². The van der Waals surface area contributed by atoms with E-state index in [0.717, 1.165) is 32.4 Å². The molecule has 2 heterocycles. The quantitative estimate of drug-likeness (QED) is 0.910. The highest BCUT2D eigenvalue weighted by molar-refractivity contribution is 8.00. The van der Waals surface area contributed by atoms with E-state index < -0.39 is 0 Å². The van der Waals surface area contributed by atoms with Gasteiger partial charge in [-0.3, -0.25) is 0 Å². The SMILES string of the molecule is CCNC(C1=CCCCO1)C1Cc2ccccc2S1. The van der Waals surface area contributed by atoms with Crippen LogP contribution < -0.4 is 5.32 Å². The minimum absolute atomic E-state index is 0.350. The maximum absolute atomic E-state index is 5.89. The number of rotatable bonds is 4. The fourth-order valence-corrected chi connectivity index (χ4v) is 4.24. The third-order valence-corrected chi connectivity index (χ3v) is 5.13. The van der Waals surface area contributed by atoms with Crippen molar-refractivity contribution in [3.05, 3.63) is 41.7 Å². The van der Waals surface area contributed by atoms with Crippen LogP contribution in [0.4, 0.5) is 0 Å². The van der Waals surface area contributed by atoms with Crippen LogP contribution in [0.2, 0.25) is 0 Å². The van der Waals surface area contributed by atoms with Gasteiger partial charge in [-0.05, 0) is 43.5 Å². The molecule has 1 aromatic rings. The maximum Gasteiger partial charge on any atom is 0.110 e. The van der Waals surface area contributed by atoms with Gasteiger partial charge in [0.15, 0.2) is 0 Å². The monoisotopic (exact) mass is 275 g/mol. The first-order chi connectivity index (χ1) is 9.38. The number of fused-ring (bicyclic) bond motifs is 1. The predicted octanol–water partition coefficient (Wildman–Crippen LogP) is 3.38. The lowest BCUT2D eigenvalue weighted by molar-refractivity contribution is 0.167. The van der Waals surface area contributed by atoms with E-state index in [1.165, 1.54) is 16.2 Å². The van der Waals surface area contributed by atoms with Gasteiger partial charge in [-0.1, -0.05) is 25.1 Å². The van der Waals surface area contributed by atoms with Crippen molar-refractivity contribution < 1.29 is 4.74 Å². The summed E-state index contributed by atoms with van der Waals surface area (Å²) in [6, 6.07) is 9.11. The molecular weight excluding hydrogens is 254 g/mol. The second-order valence-corrected chi connectivity index (χ2v) is 6.38. The lowest BCUT2D eigenvalue weighted by Gasteiger charge is -2.28. The zero-order valence-corrected chi connectivity index (χ0v) is 12.2. The van der Waals surface area contributed by atoms with Gasteiger partial charge in [-0.25, -0.2) is 0 Å². The number of ether oxygens (including phenoxy) is 1. The van der Waals surface area contributed by atoms with Gasteiger partial charge in [0.25, 0.3) is 0 Å². The normalized spacial score (nSPS) is 23.4. The summed E-state index contributed by atoms with van der Waals surface area (Å²) in [5, 5.41) is 4.17. The molecule has 0 aromatic heterocycles. The maximum atomic E-state index is 5.89. The van der Waals surface area contributed by atoms with Crippen molar-refractivity contribution in [3.8, 4) is 0 Å². The summed E-state index contributed by atoms with van der Waals surface area (Å²) in [6.07, 6.45) is 5.72. The molecule has 0 fully saturated rings. The van der Waals surface area contributed by atoms with E-state index >= 15 is 0 Å². The Labute approximate surface area is 119 Å². The van der Waals surface area contributed by atoms with Crippen molar-refractivity contribution in [2.24, 2.45) is 0 Å². The Morgan fingerprint density at radius 1 is 1.42 bits per heavy atom. The molecule has 2 nitrogen and oxygen atoms in total. The highest BCUT2D eigenvalue weighted by Gasteiger charge is 2.32. The number of thioether (sulfide) groups is 1. The zero-order valence-electron chi connectivity index (χ0n) is 11.4. The lowest BCUT2D eigenvalue weighted by atomic mass is 10.0. The number of likely N-dealkylation sites (N-methyl/N-ethyl adjacent to an activating group) is 1. The summed E-state index contributed by atoms with van der Waals surface area (Å²) in [5.74, 6) is 1.17. The van der Waals surface area contributed by atoms with Crippen LogP contribution in [-0.2, 0) is 11.2 Å². The molecule has 0 spiro atoms. The van der Waals surface area contributed by atoms with Gasteiger partial charge < -0.3 is 10.1 Å². The summed E-state index contributed by atoms with van der Waals surface area (Å²) in [7, 11) is 0. The third kappa shape index (κ3) is 2.82. The highest BCUT2D eigenvalue weighted by atomic mass is 32.2. The summed E-state index contributed by atoms with van der Waals surface area (Å²) >= 11 is 1.99. The van der Waals surface area contributed by atoms with E-state index in [1.54, 1.807) is 0 Å². The topological polar surface area (TPSA) is 21.3 Å². The molecule has 3 rings (SSSR count). The molecule has 0 saturated carbocycles. The first kappa shape index (κ1) is 13.1. The Bertz CT molecular complexity index is 447. The number of nitrogens with one attached hydrogen (secondary N) is 1. The lowest BCUT2D eigenvalue weighted by Crippen LogP contribution is -2.41. The van der Waals surface area contributed by atoms with E-state index in [9.17, 15) is 0 Å². The van der Waals surface area contributed by atoms with Crippen molar-refractivity contribution in [1.82, 2.24) is 5.32 Å². The fraction of sp³-hybridized carbons (Fsp3) is 0.500. The molecule has 2 atom stereocenters. The summed E-state index contributed by atoms with van der Waals surface area (Å²) in [6.45, 7) is 4.03. The summed E-state index contributed by atoms with van der Waals surface area (Å²) < 4.78 is 5.89. The molecule has 2 aliphatic heterocycles. The Balaban J connectivity index is 1.77. The predicted molar refractivity (Wildman–Crippen MR) is 80.5 cm³/mol. The molecule has 0 saturated heterocycles. The van der Waals surface area contributed by atoms with Gasteiger partial charge in [0.05, 0.1) is 12.6 Å². The van der Waals surface area contributed by atoms with E-state index in [2.05, 4.69) is 42.6 Å². The number of hydrogen-bond acceptors (Lipinski definition) is 3. The fourth-order valence-electron chi connectivity index (χ4n) is 2.82. The van der Waals surface area contributed by atoms with Crippen LogP contribution in [0.3, 0.4) is 0 Å². The van der Waals surface area contributed by atoms with E-state index in [0.29, 0.717) is 11.3 Å². The van der Waals surface area contributed by atoms with Crippen molar-refractivity contribution in [1.29, 1.82) is 0 Å². The van der Waals surface area contributed by atoms with Crippen LogP contribution in [0.5, 0.6) is 0 Å². The van der Waals surface area contributed by atoms with Gasteiger partial charge in [0.2, 0.25) is 0 Å². The van der Waals surface area contributed by atoms with E-state index in [4.69, 9.17) is 4.74 Å². The van der Waals surface area contributed by atoms with Crippen molar-refractivity contribution in [2.45, 2.75) is 42.4 Å². The van der Waals surface area contributed by atoms with Gasteiger partial charge in [0, 0.05) is 10.1 Å². The van der Waals surface area contributed by atoms with Crippen LogP contribution in [0.25, 0.3) is 0 Å². The first-order valence-electron chi connectivity index (χ1n) is 7.19. The number of benzene rings is 1. The Morgan fingerprint density at radius 3 is 3.05 bits per heavy atom. The molecule has 0 aliphatic carbocycles. The second kappa shape index (κ2) is 6.02. The molecule has 0 amide bonds. The smallest absolute Gasteiger partial charge is 0.110 e. The molecule has 0 radical (unpaired) electrons. The highest BCUT2D eigenvalue weighted by Crippen LogP contribution is 2.40. The van der Waals surface area contributed by atoms with Gasteiger partial charge in [-0.2, -0.15) is 0 Å². The molecule has 0 bridgehead atoms. The Kier molecular flexibility index (Phi) is 4.14. The minimum Gasteiger partial charge on any atom is -0.497 e. The van der Waals surface area contributed by atoms with E-state index in [1.807, 2.05) is 11.8 Å². The second-order valence-electron chi connectivity index (χ2n) is 5.10. The number of hydrogen-bond donors (Lipinski definition) is 1. The van der Waals surface area contributed by atoms with E-state index in [-0.39, 0.29) is 0 Å². The summed E-state index contributed by atoms with van der Waals surface area (Å²) in [4.78, 5) is 1.44. The van der Waals surface area contributed by atoms with Crippen molar-refractivity contribution >= 4 is 11.8 Å². The molecule has 2 aliphatic rings. The zero-order chi connectivity index (χ0) is 13.1. The number of allylic oxidation sites excluding steroid dienone is 1. The van der Waals surface area contributed by atoms with Crippen molar-refractivity contribution in [3.63, 3.8) is 0 Å². The van der Waals surface area contributed by atoms with Gasteiger partial charge in [-0.15, -0.1) is 11.8 Å². The van der Waals surface area contributed by atoms with Crippen LogP contribution in [0.1, 0.15) is 25.3 Å². The third-order valence-electron chi connectivity index (χ3n) is 3.74. The average Bonchev–Trinajstić information content (AvgIpc) is 2.89. The largest absolute Gasteiger partial charge is 0.497 e. The molecule has 19 heavy (non-hydrogen) atoms. The standard InChI is InChI=1S/C16H21NOS/c1-2-17-16(13-8-5-6-10-18-13)15-11-12-7-3-4-9-14(12)19-15/h3-4,7-9,15-17H,2,5-6,10-11H2,1H3. The Hall–Kier alpha value is -0.930. The van der Waals surface area contributed by atoms with Gasteiger partial charge >= 0.3 is 0 Å². The average molecular weight is 275 g/mol. The minimum atomic E-state index is 0.350. The van der Waals surface area contributed by atoms with Crippen molar-refractivity contribution in [2.75, 3.05) is 13.2 Å². The Morgan fingerprint density at radius 2 is 2.32 bits per heavy atom.